The highest BCUT2D eigenvalue weighted by Gasteiger charge is 2.10. The minimum Gasteiger partial charge on any atom is -0.483 e. The number of carbonyl (C=O) groups is 1. The third-order valence-electron chi connectivity index (χ3n) is 4.40. The molecule has 7 heteroatoms. The summed E-state index contributed by atoms with van der Waals surface area (Å²) in [5.41, 5.74) is 1.44. The normalized spacial score (nSPS) is 10.6. The molecule has 0 radical (unpaired) electrons. The number of rotatable bonds is 7. The number of aryl methyl sites for hydroxylation is 1. The van der Waals surface area contributed by atoms with Crippen LogP contribution in [0, 0.1) is 12.7 Å². The van der Waals surface area contributed by atoms with Crippen LogP contribution < -0.4 is 15.5 Å². The second-order valence-electron chi connectivity index (χ2n) is 6.52. The molecule has 0 unspecified atom stereocenters. The van der Waals surface area contributed by atoms with Gasteiger partial charge in [0.15, 0.2) is 5.75 Å². The summed E-state index contributed by atoms with van der Waals surface area (Å²) >= 11 is 6.09. The van der Waals surface area contributed by atoms with Gasteiger partial charge in [-0.05, 0) is 24.6 Å². The fraction of sp³-hybridized carbons (Fsp3) is 0.182. The second-order valence-corrected chi connectivity index (χ2v) is 6.93. The van der Waals surface area contributed by atoms with Crippen LogP contribution >= 0.6 is 11.6 Å². The SMILES string of the molecule is Cc1cc(=O)c(OCc2ccccc2F)cn1CC(=O)NCc1ccccc1Cl. The summed E-state index contributed by atoms with van der Waals surface area (Å²) in [6, 6.07) is 14.8. The van der Waals surface area contributed by atoms with Gasteiger partial charge in [0.1, 0.15) is 19.0 Å². The van der Waals surface area contributed by atoms with Crippen molar-refractivity contribution in [3.05, 3.63) is 98.7 Å². The number of benzene rings is 2. The summed E-state index contributed by atoms with van der Waals surface area (Å²) in [7, 11) is 0. The maximum absolute atomic E-state index is 13.7. The molecule has 0 aliphatic carbocycles. The Kier molecular flexibility index (Phi) is 6.67. The third kappa shape index (κ3) is 5.45. The van der Waals surface area contributed by atoms with E-state index in [0.717, 1.165) is 5.56 Å². The lowest BCUT2D eigenvalue weighted by molar-refractivity contribution is -0.121. The second kappa shape index (κ2) is 9.39. The summed E-state index contributed by atoms with van der Waals surface area (Å²) in [6.45, 7) is 1.95. The van der Waals surface area contributed by atoms with Crippen LogP contribution in [0.3, 0.4) is 0 Å². The number of hydrogen-bond acceptors (Lipinski definition) is 3. The van der Waals surface area contributed by atoms with Gasteiger partial charge in [0, 0.05) is 28.9 Å². The molecule has 0 fully saturated rings. The molecule has 0 aliphatic heterocycles. The van der Waals surface area contributed by atoms with Crippen molar-refractivity contribution >= 4 is 17.5 Å². The zero-order valence-electron chi connectivity index (χ0n) is 15.8. The van der Waals surface area contributed by atoms with E-state index in [1.807, 2.05) is 18.2 Å². The average molecular weight is 415 g/mol. The molecule has 2 aromatic carbocycles. The minimum absolute atomic E-state index is 0.00657. The van der Waals surface area contributed by atoms with Gasteiger partial charge in [-0.3, -0.25) is 9.59 Å². The monoisotopic (exact) mass is 414 g/mol. The van der Waals surface area contributed by atoms with Crippen molar-refractivity contribution < 1.29 is 13.9 Å². The van der Waals surface area contributed by atoms with Gasteiger partial charge < -0.3 is 14.6 Å². The number of nitrogens with zero attached hydrogens (tertiary/aromatic N) is 1. The van der Waals surface area contributed by atoms with Crippen LogP contribution in [0.1, 0.15) is 16.8 Å². The van der Waals surface area contributed by atoms with E-state index in [0.29, 0.717) is 22.8 Å². The molecule has 0 spiro atoms. The van der Waals surface area contributed by atoms with E-state index >= 15 is 0 Å². The first-order valence-corrected chi connectivity index (χ1v) is 9.39. The standard InChI is InChI=1S/C22H20ClFN2O3/c1-15-10-20(27)21(29-14-17-7-3-5-9-19(17)24)12-26(15)13-22(28)25-11-16-6-2-4-8-18(16)23/h2-10,12H,11,13-14H2,1H3,(H,25,28). The van der Waals surface area contributed by atoms with E-state index in [9.17, 15) is 14.0 Å². The topological polar surface area (TPSA) is 60.3 Å². The van der Waals surface area contributed by atoms with Crippen LogP contribution in [0.25, 0.3) is 0 Å². The average Bonchev–Trinajstić information content (AvgIpc) is 2.69. The highest BCUT2D eigenvalue weighted by Crippen LogP contribution is 2.15. The van der Waals surface area contributed by atoms with Gasteiger partial charge in [-0.15, -0.1) is 0 Å². The van der Waals surface area contributed by atoms with E-state index in [4.69, 9.17) is 16.3 Å². The van der Waals surface area contributed by atoms with Gasteiger partial charge >= 0.3 is 0 Å². The maximum atomic E-state index is 13.7. The Labute approximate surface area is 172 Å². The number of carbonyl (C=O) groups excluding carboxylic acids is 1. The van der Waals surface area contributed by atoms with Crippen molar-refractivity contribution in [3.8, 4) is 5.75 Å². The molecule has 1 heterocycles. The van der Waals surface area contributed by atoms with Crippen LogP contribution in [0.5, 0.6) is 5.75 Å². The molecule has 5 nitrogen and oxygen atoms in total. The molecule has 3 rings (SSSR count). The van der Waals surface area contributed by atoms with Crippen molar-refractivity contribution in [1.82, 2.24) is 9.88 Å². The maximum Gasteiger partial charge on any atom is 0.240 e. The van der Waals surface area contributed by atoms with Gasteiger partial charge in [0.05, 0.1) is 6.20 Å². The molecule has 150 valence electrons. The number of amides is 1. The Morgan fingerprint density at radius 3 is 2.55 bits per heavy atom. The Balaban J connectivity index is 1.67. The van der Waals surface area contributed by atoms with Gasteiger partial charge in [-0.25, -0.2) is 4.39 Å². The predicted molar refractivity (Wildman–Crippen MR) is 109 cm³/mol. The molecule has 0 aliphatic rings. The Morgan fingerprint density at radius 1 is 1.14 bits per heavy atom. The largest absolute Gasteiger partial charge is 0.483 e. The number of pyridine rings is 1. The molecule has 3 aromatic rings. The number of ether oxygens (including phenoxy) is 1. The lowest BCUT2D eigenvalue weighted by Gasteiger charge is -2.14. The van der Waals surface area contributed by atoms with Gasteiger partial charge in [0.25, 0.3) is 0 Å². The van der Waals surface area contributed by atoms with Gasteiger partial charge in [-0.1, -0.05) is 48.0 Å². The zero-order valence-corrected chi connectivity index (χ0v) is 16.6. The fourth-order valence-corrected chi connectivity index (χ4v) is 2.95. The van der Waals surface area contributed by atoms with Crippen LogP contribution in [0.15, 0.2) is 65.6 Å². The van der Waals surface area contributed by atoms with Crippen LogP contribution in [0.4, 0.5) is 4.39 Å². The Morgan fingerprint density at radius 2 is 1.83 bits per heavy atom. The van der Waals surface area contributed by atoms with E-state index in [-0.39, 0.29) is 30.2 Å². The van der Waals surface area contributed by atoms with E-state index in [1.165, 1.54) is 18.3 Å². The highest BCUT2D eigenvalue weighted by molar-refractivity contribution is 6.31. The van der Waals surface area contributed by atoms with Crippen molar-refractivity contribution in [1.29, 1.82) is 0 Å². The van der Waals surface area contributed by atoms with Crippen molar-refractivity contribution in [3.63, 3.8) is 0 Å². The summed E-state index contributed by atoms with van der Waals surface area (Å²) in [4.78, 5) is 24.5. The molecule has 1 aromatic heterocycles. The molecule has 0 bridgehead atoms. The van der Waals surface area contributed by atoms with E-state index < -0.39 is 5.82 Å². The zero-order chi connectivity index (χ0) is 20.8. The molecular weight excluding hydrogens is 395 g/mol. The fourth-order valence-electron chi connectivity index (χ4n) is 2.75. The molecule has 0 saturated carbocycles. The van der Waals surface area contributed by atoms with Crippen LogP contribution in [-0.2, 0) is 24.5 Å². The van der Waals surface area contributed by atoms with Gasteiger partial charge in [0.2, 0.25) is 11.3 Å². The number of nitrogens with one attached hydrogen (secondary N) is 1. The number of halogens is 2. The van der Waals surface area contributed by atoms with E-state index in [1.54, 1.807) is 35.8 Å². The Bertz CT molecular complexity index is 1080. The summed E-state index contributed by atoms with van der Waals surface area (Å²) < 4.78 is 20.9. The third-order valence-corrected chi connectivity index (χ3v) is 4.77. The lowest BCUT2D eigenvalue weighted by atomic mass is 10.2. The molecular formula is C22H20ClFN2O3. The quantitative estimate of drug-likeness (QED) is 0.639. The Hall–Kier alpha value is -3.12. The van der Waals surface area contributed by atoms with Gasteiger partial charge in [-0.2, -0.15) is 0 Å². The number of aromatic nitrogens is 1. The van der Waals surface area contributed by atoms with E-state index in [2.05, 4.69) is 5.32 Å². The molecule has 0 saturated heterocycles. The van der Waals surface area contributed by atoms with Crippen LogP contribution in [0.2, 0.25) is 5.02 Å². The van der Waals surface area contributed by atoms with Crippen LogP contribution in [-0.4, -0.2) is 10.5 Å². The highest BCUT2D eigenvalue weighted by atomic mass is 35.5. The molecule has 1 N–H and O–H groups in total. The van der Waals surface area contributed by atoms with Crippen molar-refractivity contribution in [2.75, 3.05) is 0 Å². The van der Waals surface area contributed by atoms with Crippen molar-refractivity contribution in [2.45, 2.75) is 26.6 Å². The predicted octanol–water partition coefficient (Wildman–Crippen LogP) is 3.84. The first kappa shape index (κ1) is 20.6. The summed E-state index contributed by atoms with van der Waals surface area (Å²) in [5.74, 6) is -0.589. The molecule has 0 atom stereocenters. The number of hydrogen-bond donors (Lipinski definition) is 1. The summed E-state index contributed by atoms with van der Waals surface area (Å²) in [5, 5.41) is 3.38. The summed E-state index contributed by atoms with van der Waals surface area (Å²) in [6.07, 6.45) is 1.47. The molecule has 29 heavy (non-hydrogen) atoms. The minimum atomic E-state index is -0.404. The van der Waals surface area contributed by atoms with Crippen molar-refractivity contribution in [2.24, 2.45) is 0 Å². The molecule has 1 amide bonds. The smallest absolute Gasteiger partial charge is 0.240 e. The first-order chi connectivity index (χ1) is 13.9. The first-order valence-electron chi connectivity index (χ1n) is 9.01. The lowest BCUT2D eigenvalue weighted by Crippen LogP contribution is -2.28.